The van der Waals surface area contributed by atoms with E-state index in [2.05, 4.69) is 10.3 Å². The minimum atomic E-state index is -4.09. The summed E-state index contributed by atoms with van der Waals surface area (Å²) in [5, 5.41) is 13.2. The third kappa shape index (κ3) is 5.65. The summed E-state index contributed by atoms with van der Waals surface area (Å²) >= 11 is 24.4. The molecule has 208 valence electrons. The molecule has 14 heteroatoms. The normalized spacial score (nSPS) is 16.4. The molecule has 1 fully saturated rings. The molecule has 3 aromatic carbocycles. The van der Waals surface area contributed by atoms with Gasteiger partial charge in [0.05, 0.1) is 20.5 Å². The van der Waals surface area contributed by atoms with E-state index in [1.807, 2.05) is 0 Å². The second-order valence-electron chi connectivity index (χ2n) is 9.05. The minimum absolute atomic E-state index is 0.0862. The lowest BCUT2D eigenvalue weighted by Gasteiger charge is -2.38. The summed E-state index contributed by atoms with van der Waals surface area (Å²) in [6.07, 6.45) is 0.138. The van der Waals surface area contributed by atoms with E-state index in [9.17, 15) is 23.1 Å². The van der Waals surface area contributed by atoms with Crippen LogP contribution in [-0.2, 0) is 26.0 Å². The fourth-order valence-corrected chi connectivity index (χ4v) is 7.26. The van der Waals surface area contributed by atoms with Gasteiger partial charge in [0.25, 0.3) is 0 Å². The Hall–Kier alpha value is -2.86. The lowest BCUT2D eigenvalue weighted by molar-refractivity contribution is -0.143. The van der Waals surface area contributed by atoms with Crippen LogP contribution in [0.4, 0.5) is 0 Å². The molecule has 4 aromatic rings. The van der Waals surface area contributed by atoms with Crippen LogP contribution in [0.3, 0.4) is 0 Å². The van der Waals surface area contributed by atoms with Crippen LogP contribution in [-0.4, -0.2) is 53.3 Å². The summed E-state index contributed by atoms with van der Waals surface area (Å²) < 4.78 is 33.0. The summed E-state index contributed by atoms with van der Waals surface area (Å²) in [7, 11) is -4.09. The monoisotopic (exact) mass is 641 g/mol. The second-order valence-corrected chi connectivity index (χ2v) is 12.6. The zero-order valence-corrected chi connectivity index (χ0v) is 24.1. The maximum absolute atomic E-state index is 13.1. The fraction of sp³-hybridized carbons (Fsp3) is 0.192. The average Bonchev–Trinajstić information content (AvgIpc) is 3.24. The number of oxazole rings is 1. The van der Waals surface area contributed by atoms with Gasteiger partial charge in [0.2, 0.25) is 21.8 Å². The Labute approximate surface area is 248 Å². The average molecular weight is 643 g/mol. The number of hydrogen-bond donors (Lipinski definition) is 2. The van der Waals surface area contributed by atoms with Gasteiger partial charge in [-0.2, -0.15) is 4.31 Å². The Morgan fingerprint density at radius 3 is 2.33 bits per heavy atom. The molecule has 0 aliphatic carbocycles. The van der Waals surface area contributed by atoms with Crippen molar-refractivity contribution >= 4 is 79.4 Å². The number of nitrogens with one attached hydrogen (secondary N) is 1. The van der Waals surface area contributed by atoms with Crippen molar-refractivity contribution in [3.63, 3.8) is 0 Å². The Bertz CT molecular complexity index is 1720. The molecule has 1 aromatic heterocycles. The molecule has 9 nitrogen and oxygen atoms in total. The molecule has 1 aliphatic heterocycles. The summed E-state index contributed by atoms with van der Waals surface area (Å²) in [4.78, 5) is 29.3. The number of nitrogens with zero attached hydrogens (tertiary/aromatic N) is 2. The fourth-order valence-electron chi connectivity index (χ4n) is 4.34. The Morgan fingerprint density at radius 2 is 1.73 bits per heavy atom. The Balaban J connectivity index is 1.33. The summed E-state index contributed by atoms with van der Waals surface area (Å²) in [6, 6.07) is 11.4. The van der Waals surface area contributed by atoms with Gasteiger partial charge in [-0.25, -0.2) is 18.2 Å². The highest BCUT2D eigenvalue weighted by Gasteiger charge is 2.43. The number of aromatic nitrogens is 1. The van der Waals surface area contributed by atoms with E-state index >= 15 is 0 Å². The number of sulfonamides is 1. The molecule has 0 saturated carbocycles. The SMILES string of the molecule is O=C(O)[C@H](Cc1ccc2oc(-c3c(Cl)cccc3Cl)nc2c1)NC(=O)[C@@H]1CCN1S(=O)(=O)c1cc(Cl)cc(Cl)c1. The van der Waals surface area contributed by atoms with E-state index in [-0.39, 0.29) is 40.2 Å². The maximum Gasteiger partial charge on any atom is 0.326 e. The van der Waals surface area contributed by atoms with E-state index in [1.165, 1.54) is 18.2 Å². The third-order valence-corrected chi connectivity index (χ3v) is 9.35. The van der Waals surface area contributed by atoms with Crippen molar-refractivity contribution in [2.75, 3.05) is 6.54 Å². The smallest absolute Gasteiger partial charge is 0.326 e. The number of halogens is 4. The van der Waals surface area contributed by atoms with Crippen molar-refractivity contribution in [1.29, 1.82) is 0 Å². The second kappa shape index (κ2) is 11.2. The van der Waals surface area contributed by atoms with Gasteiger partial charge in [0, 0.05) is 23.0 Å². The van der Waals surface area contributed by atoms with Gasteiger partial charge in [-0.3, -0.25) is 4.79 Å². The van der Waals surface area contributed by atoms with E-state index < -0.39 is 34.0 Å². The molecule has 0 spiro atoms. The molecular formula is C26H19Cl4N3O6S. The van der Waals surface area contributed by atoms with E-state index in [1.54, 1.807) is 36.4 Å². The van der Waals surface area contributed by atoms with Gasteiger partial charge in [0.15, 0.2) is 5.58 Å². The molecule has 0 unspecified atom stereocenters. The zero-order chi connectivity index (χ0) is 28.8. The van der Waals surface area contributed by atoms with E-state index in [4.69, 9.17) is 50.8 Å². The largest absolute Gasteiger partial charge is 0.480 e. The Kier molecular flexibility index (Phi) is 8.02. The molecule has 1 saturated heterocycles. The predicted molar refractivity (Wildman–Crippen MR) is 151 cm³/mol. The summed E-state index contributed by atoms with van der Waals surface area (Å²) in [5.41, 5.74) is 1.86. The van der Waals surface area contributed by atoms with Crippen molar-refractivity contribution in [1.82, 2.24) is 14.6 Å². The van der Waals surface area contributed by atoms with Crippen molar-refractivity contribution in [2.24, 2.45) is 0 Å². The van der Waals surface area contributed by atoms with Gasteiger partial charge in [-0.05, 0) is 54.4 Å². The quantitative estimate of drug-likeness (QED) is 0.253. The van der Waals surface area contributed by atoms with Crippen LogP contribution in [0, 0.1) is 0 Å². The van der Waals surface area contributed by atoms with Gasteiger partial charge < -0.3 is 14.8 Å². The summed E-state index contributed by atoms with van der Waals surface area (Å²) in [5.74, 6) is -1.81. The molecule has 1 aliphatic rings. The molecule has 2 heterocycles. The first kappa shape index (κ1) is 28.7. The van der Waals surface area contributed by atoms with Crippen LogP contribution in [0.1, 0.15) is 12.0 Å². The number of amides is 1. The van der Waals surface area contributed by atoms with Crippen LogP contribution in [0.5, 0.6) is 0 Å². The standard InChI is InChI=1S/C26H19Cl4N3O6S/c27-14-10-15(28)12-16(11-14)40(37,38)33-7-6-21(33)24(34)31-20(26(35)36)9-13-4-5-22-19(8-13)32-25(39-22)23-17(29)2-1-3-18(23)30/h1-5,8,10-12,20-21H,6-7,9H2,(H,31,34)(H,35,36)/t20-,21-/m0/s1. The number of hydrogen-bond acceptors (Lipinski definition) is 6. The van der Waals surface area contributed by atoms with E-state index in [0.717, 1.165) is 4.31 Å². The van der Waals surface area contributed by atoms with Crippen molar-refractivity contribution in [2.45, 2.75) is 29.8 Å². The molecule has 40 heavy (non-hydrogen) atoms. The van der Waals surface area contributed by atoms with Gasteiger partial charge >= 0.3 is 5.97 Å². The Morgan fingerprint density at radius 1 is 1.05 bits per heavy atom. The highest BCUT2D eigenvalue weighted by molar-refractivity contribution is 7.89. The highest BCUT2D eigenvalue weighted by atomic mass is 35.5. The number of aliphatic carboxylic acids is 1. The number of fused-ring (bicyclic) bond motifs is 1. The molecule has 5 rings (SSSR count). The molecule has 0 radical (unpaired) electrons. The number of rotatable bonds is 8. The molecule has 2 N–H and O–H groups in total. The first-order chi connectivity index (χ1) is 18.9. The number of carboxylic acids is 1. The maximum atomic E-state index is 13.1. The lowest BCUT2D eigenvalue weighted by Crippen LogP contribution is -2.60. The topological polar surface area (TPSA) is 130 Å². The first-order valence-corrected chi connectivity index (χ1v) is 14.7. The van der Waals surface area contributed by atoms with Crippen LogP contribution >= 0.6 is 46.4 Å². The van der Waals surface area contributed by atoms with E-state index in [0.29, 0.717) is 32.3 Å². The number of carbonyl (C=O) groups excluding carboxylic acids is 1. The van der Waals surface area contributed by atoms with Crippen molar-refractivity contribution < 1.29 is 27.5 Å². The zero-order valence-electron chi connectivity index (χ0n) is 20.3. The first-order valence-electron chi connectivity index (χ1n) is 11.8. The minimum Gasteiger partial charge on any atom is -0.480 e. The number of carbonyl (C=O) groups is 2. The van der Waals surface area contributed by atoms with Gasteiger partial charge in [0.1, 0.15) is 17.6 Å². The van der Waals surface area contributed by atoms with Crippen LogP contribution in [0.25, 0.3) is 22.6 Å². The van der Waals surface area contributed by atoms with Gasteiger partial charge in [-0.1, -0.05) is 58.5 Å². The van der Waals surface area contributed by atoms with Gasteiger partial charge in [-0.15, -0.1) is 0 Å². The number of benzene rings is 3. The third-order valence-electron chi connectivity index (χ3n) is 6.40. The molecule has 0 bridgehead atoms. The predicted octanol–water partition coefficient (Wildman–Crippen LogP) is 5.68. The van der Waals surface area contributed by atoms with Crippen LogP contribution in [0.2, 0.25) is 20.1 Å². The van der Waals surface area contributed by atoms with Crippen molar-refractivity contribution in [3.8, 4) is 11.5 Å². The lowest BCUT2D eigenvalue weighted by atomic mass is 10.0. The van der Waals surface area contributed by atoms with Crippen molar-refractivity contribution in [3.05, 3.63) is 80.3 Å². The van der Waals surface area contributed by atoms with Crippen LogP contribution < -0.4 is 5.32 Å². The summed E-state index contributed by atoms with van der Waals surface area (Å²) in [6.45, 7) is 0.0862. The number of carboxylic acid groups (broad SMARTS) is 1. The van der Waals surface area contributed by atoms with Crippen LogP contribution in [0.15, 0.2) is 63.9 Å². The molecule has 1 amide bonds. The highest BCUT2D eigenvalue weighted by Crippen LogP contribution is 2.36. The molecular weight excluding hydrogens is 624 g/mol. The molecule has 2 atom stereocenters.